The molecule has 1 aliphatic heterocycles. The average molecular weight is 389 g/mol. The van der Waals surface area contributed by atoms with Crippen molar-refractivity contribution in [2.24, 2.45) is 5.92 Å². The highest BCUT2D eigenvalue weighted by molar-refractivity contribution is 5.28. The number of hydrogen-bond donors (Lipinski definition) is 2. The van der Waals surface area contributed by atoms with Gasteiger partial charge >= 0.3 is 0 Å². The lowest BCUT2D eigenvalue weighted by Gasteiger charge is -2.26. The third-order valence-corrected chi connectivity index (χ3v) is 5.17. The minimum absolute atomic E-state index is 0.424. The van der Waals surface area contributed by atoms with Crippen molar-refractivity contribution in [3.05, 3.63) is 52.0 Å². The minimum Gasteiger partial charge on any atom is -0.494 e. The number of hydrogen-bond acceptors (Lipinski definition) is 6. The number of benzene rings is 1. The summed E-state index contributed by atoms with van der Waals surface area (Å²) in [5.74, 6) is 2.04. The molecule has 1 saturated heterocycles. The Hall–Kier alpha value is -2.28. The topological polar surface area (TPSA) is 79.7 Å². The molecular weight excluding hydrogens is 356 g/mol. The van der Waals surface area contributed by atoms with Crippen LogP contribution in [0.1, 0.15) is 44.1 Å². The first-order valence-electron chi connectivity index (χ1n) is 10.5. The molecule has 2 aliphatic rings. The molecule has 2 N–H and O–H groups in total. The molecule has 0 unspecified atom stereocenters. The van der Waals surface area contributed by atoms with Crippen molar-refractivity contribution in [1.29, 1.82) is 0 Å². The van der Waals surface area contributed by atoms with Gasteiger partial charge in [0.05, 0.1) is 11.5 Å². The Balaban J connectivity index is 1.35. The van der Waals surface area contributed by atoms with Crippen molar-refractivity contribution >= 4 is 0 Å². The fourth-order valence-corrected chi connectivity index (χ4v) is 3.43. The molecule has 0 bridgehead atoms. The van der Waals surface area contributed by atoms with Crippen LogP contribution < -0.4 is 15.4 Å². The van der Waals surface area contributed by atoms with Gasteiger partial charge in [0.1, 0.15) is 5.75 Å². The summed E-state index contributed by atoms with van der Waals surface area (Å²) >= 11 is 0. The lowest BCUT2D eigenvalue weighted by molar-refractivity contribution is -0.404. The monoisotopic (exact) mass is 388 g/mol. The zero-order valence-electron chi connectivity index (χ0n) is 16.6. The summed E-state index contributed by atoms with van der Waals surface area (Å²) in [5, 5.41) is 17.0. The van der Waals surface area contributed by atoms with Gasteiger partial charge in [-0.05, 0) is 68.8 Å². The Labute approximate surface area is 167 Å². The minimum atomic E-state index is -0.424. The van der Waals surface area contributed by atoms with Crippen LogP contribution in [0.2, 0.25) is 0 Å². The number of nitro groups is 1. The van der Waals surface area contributed by atoms with Crippen LogP contribution in [0.5, 0.6) is 5.75 Å². The van der Waals surface area contributed by atoms with Gasteiger partial charge in [0.25, 0.3) is 6.20 Å². The van der Waals surface area contributed by atoms with Crippen LogP contribution in [0, 0.1) is 16.0 Å². The Kier molecular flexibility index (Phi) is 7.96. The maximum Gasteiger partial charge on any atom is 0.274 e. The average Bonchev–Trinajstić information content (AvgIpc) is 3.51. The van der Waals surface area contributed by atoms with Gasteiger partial charge in [0, 0.05) is 19.6 Å². The molecule has 154 valence electrons. The van der Waals surface area contributed by atoms with Crippen molar-refractivity contribution in [3.63, 3.8) is 0 Å². The van der Waals surface area contributed by atoms with E-state index in [9.17, 15) is 10.1 Å². The number of nitrogens with zero attached hydrogens (tertiary/aromatic N) is 2. The van der Waals surface area contributed by atoms with Crippen LogP contribution in [0.4, 0.5) is 0 Å². The molecule has 0 amide bonds. The van der Waals surface area contributed by atoms with E-state index in [1.54, 1.807) is 0 Å². The maximum absolute atomic E-state index is 10.7. The van der Waals surface area contributed by atoms with Crippen LogP contribution in [-0.2, 0) is 6.54 Å². The van der Waals surface area contributed by atoms with Gasteiger partial charge in [-0.25, -0.2) is 0 Å². The molecule has 0 spiro atoms. The molecule has 7 heteroatoms. The second-order valence-electron chi connectivity index (χ2n) is 7.77. The van der Waals surface area contributed by atoms with E-state index < -0.39 is 4.92 Å². The molecular formula is C21H32N4O3. The number of piperidine rings is 1. The van der Waals surface area contributed by atoms with Gasteiger partial charge in [0.2, 0.25) is 0 Å². The quantitative estimate of drug-likeness (QED) is 0.325. The van der Waals surface area contributed by atoms with Crippen molar-refractivity contribution in [2.75, 3.05) is 32.8 Å². The van der Waals surface area contributed by atoms with Crippen molar-refractivity contribution in [3.8, 4) is 5.75 Å². The molecule has 1 aliphatic carbocycles. The second-order valence-corrected chi connectivity index (χ2v) is 7.77. The van der Waals surface area contributed by atoms with E-state index in [0.29, 0.717) is 24.9 Å². The highest BCUT2D eigenvalue weighted by Gasteiger charge is 2.21. The highest BCUT2D eigenvalue weighted by Crippen LogP contribution is 2.27. The number of ether oxygens (including phenoxy) is 1. The van der Waals surface area contributed by atoms with Crippen molar-refractivity contribution in [2.45, 2.75) is 45.1 Å². The van der Waals surface area contributed by atoms with Crippen molar-refractivity contribution in [1.82, 2.24) is 15.5 Å². The molecule has 3 rings (SSSR count). The molecule has 0 radical (unpaired) electrons. The summed E-state index contributed by atoms with van der Waals surface area (Å²) in [7, 11) is 0. The summed E-state index contributed by atoms with van der Waals surface area (Å²) in [4.78, 5) is 12.8. The zero-order chi connectivity index (χ0) is 19.6. The molecule has 28 heavy (non-hydrogen) atoms. The largest absolute Gasteiger partial charge is 0.494 e. The Morgan fingerprint density at radius 2 is 2.07 bits per heavy atom. The first-order valence-corrected chi connectivity index (χ1v) is 10.5. The molecule has 1 aromatic rings. The molecule has 1 saturated carbocycles. The van der Waals surface area contributed by atoms with E-state index in [1.807, 2.05) is 12.1 Å². The third kappa shape index (κ3) is 7.76. The van der Waals surface area contributed by atoms with E-state index in [-0.39, 0.29) is 0 Å². The number of rotatable bonds is 12. The predicted molar refractivity (Wildman–Crippen MR) is 109 cm³/mol. The maximum atomic E-state index is 10.7. The van der Waals surface area contributed by atoms with E-state index in [0.717, 1.165) is 31.5 Å². The Bertz CT molecular complexity index is 655. The number of likely N-dealkylation sites (tertiary alicyclic amines) is 1. The molecule has 1 heterocycles. The van der Waals surface area contributed by atoms with Gasteiger partial charge in [-0.3, -0.25) is 15.0 Å². The van der Waals surface area contributed by atoms with Gasteiger partial charge in [0.15, 0.2) is 5.82 Å². The number of nitrogens with one attached hydrogen (secondary N) is 2. The summed E-state index contributed by atoms with van der Waals surface area (Å²) in [6.45, 7) is 5.36. The predicted octanol–water partition coefficient (Wildman–Crippen LogP) is 3.11. The second kappa shape index (κ2) is 10.9. The van der Waals surface area contributed by atoms with Gasteiger partial charge in [-0.1, -0.05) is 18.6 Å². The molecule has 2 fully saturated rings. The first kappa shape index (κ1) is 20.5. The fourth-order valence-electron chi connectivity index (χ4n) is 3.43. The highest BCUT2D eigenvalue weighted by atomic mass is 16.6. The summed E-state index contributed by atoms with van der Waals surface area (Å²) in [6.07, 6.45) is 8.15. The van der Waals surface area contributed by atoms with Gasteiger partial charge in [-0.15, -0.1) is 0 Å². The summed E-state index contributed by atoms with van der Waals surface area (Å²) < 4.78 is 5.87. The standard InChI is InChI=1S/C21H32N4O3/c26-25(27)17-21(23-15-18-8-9-18)22-10-5-13-28-20-7-4-6-19(14-20)16-24-11-2-1-3-12-24/h4,6-7,14,17-18,22-23H,1-3,5,8-13,15-16H2/b21-17-. The summed E-state index contributed by atoms with van der Waals surface area (Å²) in [5.41, 5.74) is 1.29. The molecule has 0 aromatic heterocycles. The van der Waals surface area contributed by atoms with Crippen LogP contribution in [-0.4, -0.2) is 42.6 Å². The van der Waals surface area contributed by atoms with Crippen LogP contribution in [0.3, 0.4) is 0 Å². The smallest absolute Gasteiger partial charge is 0.274 e. The molecule has 0 atom stereocenters. The van der Waals surface area contributed by atoms with E-state index >= 15 is 0 Å². The van der Waals surface area contributed by atoms with E-state index in [1.165, 1.54) is 50.8 Å². The Morgan fingerprint density at radius 3 is 2.82 bits per heavy atom. The van der Waals surface area contributed by atoms with Crippen LogP contribution >= 0.6 is 0 Å². The first-order chi connectivity index (χ1) is 13.7. The zero-order valence-corrected chi connectivity index (χ0v) is 16.6. The van der Waals surface area contributed by atoms with Crippen molar-refractivity contribution < 1.29 is 9.66 Å². The Morgan fingerprint density at radius 1 is 1.25 bits per heavy atom. The molecule has 1 aromatic carbocycles. The van der Waals surface area contributed by atoms with Crippen LogP contribution in [0.15, 0.2) is 36.3 Å². The van der Waals surface area contributed by atoms with E-state index in [4.69, 9.17) is 4.74 Å². The molecule has 7 nitrogen and oxygen atoms in total. The van der Waals surface area contributed by atoms with Gasteiger partial charge in [-0.2, -0.15) is 0 Å². The third-order valence-electron chi connectivity index (χ3n) is 5.17. The van der Waals surface area contributed by atoms with Gasteiger partial charge < -0.3 is 15.4 Å². The SMILES string of the molecule is O=[N+]([O-])/C=C(/NCCCOc1cccc(CN2CCCCC2)c1)NCC1CC1. The fraction of sp³-hybridized carbons (Fsp3) is 0.619. The lowest BCUT2D eigenvalue weighted by atomic mass is 10.1. The van der Waals surface area contributed by atoms with Crippen LogP contribution in [0.25, 0.3) is 0 Å². The lowest BCUT2D eigenvalue weighted by Crippen LogP contribution is -2.30. The van der Waals surface area contributed by atoms with E-state index in [2.05, 4.69) is 27.7 Å². The summed E-state index contributed by atoms with van der Waals surface area (Å²) in [6, 6.07) is 8.31. The normalized spacial score (nSPS) is 17.9.